The highest BCUT2D eigenvalue weighted by atomic mass is 16.5. The summed E-state index contributed by atoms with van der Waals surface area (Å²) in [6, 6.07) is 0. The van der Waals surface area contributed by atoms with Crippen LogP contribution >= 0.6 is 0 Å². The summed E-state index contributed by atoms with van der Waals surface area (Å²) in [6.45, 7) is 9.11. The van der Waals surface area contributed by atoms with E-state index in [1.54, 1.807) is 7.11 Å². The molecule has 5 heteroatoms. The molecule has 5 nitrogen and oxygen atoms in total. The Morgan fingerprint density at radius 2 is 1.91 bits per heavy atom. The fourth-order valence-corrected chi connectivity index (χ4v) is 3.69. The van der Waals surface area contributed by atoms with E-state index in [2.05, 4.69) is 29.1 Å². The summed E-state index contributed by atoms with van der Waals surface area (Å²) in [5.41, 5.74) is 0. The average molecular weight is 310 g/mol. The standard InChI is InChI=1S/C17H34N4O/c1-4-18-17(19-9-10-20(2)11-12-22-3)21-13-15-7-5-6-8-16(15)14-21/h15-16H,4-14H2,1-3H3,(H,18,19). The molecule has 2 fully saturated rings. The Hall–Kier alpha value is -0.810. The summed E-state index contributed by atoms with van der Waals surface area (Å²) in [5, 5.41) is 3.48. The number of hydrogen-bond donors (Lipinski definition) is 1. The minimum Gasteiger partial charge on any atom is -0.383 e. The predicted octanol–water partition coefficient (Wildman–Crippen LogP) is 1.65. The van der Waals surface area contributed by atoms with Gasteiger partial charge in [0.1, 0.15) is 0 Å². The maximum Gasteiger partial charge on any atom is 0.193 e. The highest BCUT2D eigenvalue weighted by Gasteiger charge is 2.35. The monoisotopic (exact) mass is 310 g/mol. The van der Waals surface area contributed by atoms with Gasteiger partial charge in [-0.05, 0) is 38.6 Å². The number of nitrogens with zero attached hydrogens (tertiary/aromatic N) is 3. The molecule has 0 aromatic rings. The van der Waals surface area contributed by atoms with Crippen LogP contribution in [0.3, 0.4) is 0 Å². The molecule has 2 aliphatic rings. The first-order valence-corrected chi connectivity index (χ1v) is 8.95. The zero-order valence-corrected chi connectivity index (χ0v) is 14.7. The lowest BCUT2D eigenvalue weighted by Gasteiger charge is -2.22. The summed E-state index contributed by atoms with van der Waals surface area (Å²) >= 11 is 0. The number of nitrogens with one attached hydrogen (secondary N) is 1. The van der Waals surface area contributed by atoms with Crippen molar-refractivity contribution in [3.05, 3.63) is 0 Å². The number of guanidine groups is 1. The third kappa shape index (κ3) is 5.13. The van der Waals surface area contributed by atoms with Crippen LogP contribution in [0.2, 0.25) is 0 Å². The van der Waals surface area contributed by atoms with Gasteiger partial charge in [0, 0.05) is 39.8 Å². The van der Waals surface area contributed by atoms with E-state index >= 15 is 0 Å². The zero-order chi connectivity index (χ0) is 15.8. The molecule has 0 aromatic carbocycles. The third-order valence-corrected chi connectivity index (χ3v) is 5.03. The van der Waals surface area contributed by atoms with Gasteiger partial charge in [-0.1, -0.05) is 12.8 Å². The normalized spacial score (nSPS) is 25.6. The molecule has 2 unspecified atom stereocenters. The Labute approximate surface area is 136 Å². The van der Waals surface area contributed by atoms with Gasteiger partial charge in [-0.3, -0.25) is 4.99 Å². The molecule has 2 atom stereocenters. The van der Waals surface area contributed by atoms with Crippen molar-refractivity contribution in [2.24, 2.45) is 16.8 Å². The number of fused-ring (bicyclic) bond motifs is 1. The summed E-state index contributed by atoms with van der Waals surface area (Å²) in [7, 11) is 3.88. The van der Waals surface area contributed by atoms with E-state index in [0.29, 0.717) is 0 Å². The zero-order valence-electron chi connectivity index (χ0n) is 14.7. The molecule has 1 heterocycles. The summed E-state index contributed by atoms with van der Waals surface area (Å²) in [4.78, 5) is 9.63. The van der Waals surface area contributed by atoms with E-state index in [0.717, 1.165) is 50.6 Å². The molecule has 0 radical (unpaired) electrons. The maximum atomic E-state index is 5.12. The first kappa shape index (κ1) is 17.5. The number of rotatable bonds is 7. The summed E-state index contributed by atoms with van der Waals surface area (Å²) < 4.78 is 5.12. The SMILES string of the molecule is CCNC(=NCCN(C)CCOC)N1CC2CCCCC2C1. The van der Waals surface area contributed by atoms with Gasteiger partial charge in [-0.2, -0.15) is 0 Å². The topological polar surface area (TPSA) is 40.1 Å². The van der Waals surface area contributed by atoms with Crippen LogP contribution in [0.25, 0.3) is 0 Å². The fourth-order valence-electron chi connectivity index (χ4n) is 3.69. The number of methoxy groups -OCH3 is 1. The third-order valence-electron chi connectivity index (χ3n) is 5.03. The van der Waals surface area contributed by atoms with Crippen LogP contribution in [-0.4, -0.2) is 75.8 Å². The Kier molecular flexibility index (Phi) is 7.46. The number of likely N-dealkylation sites (N-methyl/N-ethyl adjacent to an activating group) is 1. The number of likely N-dealkylation sites (tertiary alicyclic amines) is 1. The van der Waals surface area contributed by atoms with Crippen LogP contribution in [0.15, 0.2) is 4.99 Å². The van der Waals surface area contributed by atoms with Crippen molar-refractivity contribution in [1.29, 1.82) is 0 Å². The van der Waals surface area contributed by atoms with Gasteiger partial charge >= 0.3 is 0 Å². The van der Waals surface area contributed by atoms with Gasteiger partial charge in [0.15, 0.2) is 5.96 Å². The van der Waals surface area contributed by atoms with E-state index in [1.165, 1.54) is 38.8 Å². The van der Waals surface area contributed by atoms with Gasteiger partial charge in [0.05, 0.1) is 13.2 Å². The fraction of sp³-hybridized carbons (Fsp3) is 0.941. The van der Waals surface area contributed by atoms with Crippen molar-refractivity contribution in [3.63, 3.8) is 0 Å². The Balaban J connectivity index is 1.82. The van der Waals surface area contributed by atoms with Gasteiger partial charge in [0.2, 0.25) is 0 Å². The average Bonchev–Trinajstić information content (AvgIpc) is 2.96. The van der Waals surface area contributed by atoms with E-state index in [-0.39, 0.29) is 0 Å². The van der Waals surface area contributed by atoms with E-state index in [9.17, 15) is 0 Å². The van der Waals surface area contributed by atoms with Crippen LogP contribution in [0.1, 0.15) is 32.6 Å². The molecule has 1 saturated heterocycles. The molecular formula is C17H34N4O. The lowest BCUT2D eigenvalue weighted by atomic mass is 9.82. The molecule has 0 amide bonds. The molecule has 0 bridgehead atoms. The van der Waals surface area contributed by atoms with Crippen molar-refractivity contribution >= 4 is 5.96 Å². The maximum absolute atomic E-state index is 5.12. The molecule has 0 spiro atoms. The number of ether oxygens (including phenoxy) is 1. The second-order valence-electron chi connectivity index (χ2n) is 6.74. The molecule has 0 aromatic heterocycles. The molecule has 1 saturated carbocycles. The smallest absolute Gasteiger partial charge is 0.193 e. The van der Waals surface area contributed by atoms with Crippen LogP contribution in [0.5, 0.6) is 0 Å². The van der Waals surface area contributed by atoms with Crippen molar-refractivity contribution in [2.75, 3.05) is 60.0 Å². The second-order valence-corrected chi connectivity index (χ2v) is 6.74. The highest BCUT2D eigenvalue weighted by Crippen LogP contribution is 2.35. The highest BCUT2D eigenvalue weighted by molar-refractivity contribution is 5.80. The predicted molar refractivity (Wildman–Crippen MR) is 92.4 cm³/mol. The molecule has 1 N–H and O–H groups in total. The van der Waals surface area contributed by atoms with Crippen LogP contribution in [-0.2, 0) is 4.74 Å². The molecule has 1 aliphatic carbocycles. The van der Waals surface area contributed by atoms with Crippen molar-refractivity contribution in [2.45, 2.75) is 32.6 Å². The number of aliphatic imine (C=N–C) groups is 1. The lowest BCUT2D eigenvalue weighted by molar-refractivity contribution is 0.163. The van der Waals surface area contributed by atoms with Gasteiger partial charge in [-0.15, -0.1) is 0 Å². The van der Waals surface area contributed by atoms with Crippen molar-refractivity contribution < 1.29 is 4.74 Å². The second kappa shape index (κ2) is 9.36. The Morgan fingerprint density at radius 1 is 1.23 bits per heavy atom. The first-order valence-electron chi connectivity index (χ1n) is 8.95. The largest absolute Gasteiger partial charge is 0.383 e. The number of hydrogen-bond acceptors (Lipinski definition) is 3. The Bertz CT molecular complexity index is 334. The van der Waals surface area contributed by atoms with Crippen LogP contribution < -0.4 is 5.32 Å². The minimum absolute atomic E-state index is 0.787. The molecular weight excluding hydrogens is 276 g/mol. The molecule has 1 aliphatic heterocycles. The summed E-state index contributed by atoms with van der Waals surface area (Å²) in [5.74, 6) is 2.93. The molecule has 2 rings (SSSR count). The van der Waals surface area contributed by atoms with Crippen LogP contribution in [0, 0.1) is 11.8 Å². The lowest BCUT2D eigenvalue weighted by Crippen LogP contribution is -2.40. The van der Waals surface area contributed by atoms with Crippen molar-refractivity contribution in [3.8, 4) is 0 Å². The molecule has 22 heavy (non-hydrogen) atoms. The quantitative estimate of drug-likeness (QED) is 0.573. The van der Waals surface area contributed by atoms with E-state index in [4.69, 9.17) is 9.73 Å². The van der Waals surface area contributed by atoms with E-state index in [1.807, 2.05) is 0 Å². The van der Waals surface area contributed by atoms with Crippen molar-refractivity contribution in [1.82, 2.24) is 15.1 Å². The first-order chi connectivity index (χ1) is 10.7. The molecule has 128 valence electrons. The van der Waals surface area contributed by atoms with E-state index < -0.39 is 0 Å². The van der Waals surface area contributed by atoms with Gasteiger partial charge in [-0.25, -0.2) is 0 Å². The van der Waals surface area contributed by atoms with Gasteiger partial charge < -0.3 is 19.9 Å². The minimum atomic E-state index is 0.787. The Morgan fingerprint density at radius 3 is 2.50 bits per heavy atom. The summed E-state index contributed by atoms with van der Waals surface area (Å²) in [6.07, 6.45) is 5.68. The van der Waals surface area contributed by atoms with Gasteiger partial charge in [0.25, 0.3) is 0 Å². The van der Waals surface area contributed by atoms with Crippen LogP contribution in [0.4, 0.5) is 0 Å².